The minimum absolute atomic E-state index is 0.154. The second kappa shape index (κ2) is 5.03. The molecule has 0 aliphatic carbocycles. The van der Waals surface area contributed by atoms with E-state index in [0.717, 1.165) is 20.3 Å². The lowest BCUT2D eigenvalue weighted by atomic mass is 10.0. The predicted octanol–water partition coefficient (Wildman–Crippen LogP) is 4.44. The molecule has 0 atom stereocenters. The second-order valence-corrected chi connectivity index (χ2v) is 5.92. The van der Waals surface area contributed by atoms with Crippen molar-refractivity contribution in [2.75, 3.05) is 0 Å². The average molecular weight is 265 g/mol. The van der Waals surface area contributed by atoms with Gasteiger partial charge >= 0.3 is 0 Å². The molecule has 1 heterocycles. The van der Waals surface area contributed by atoms with Crippen LogP contribution in [0.3, 0.4) is 0 Å². The number of carbonyl (C=O) groups excluding carboxylic acids is 1. The summed E-state index contributed by atoms with van der Waals surface area (Å²) in [7, 11) is 0. The monoisotopic (exact) mass is 264 g/mol. The fourth-order valence-corrected chi connectivity index (χ4v) is 2.91. The van der Waals surface area contributed by atoms with Crippen LogP contribution in [0.4, 0.5) is 0 Å². The van der Waals surface area contributed by atoms with E-state index >= 15 is 0 Å². The summed E-state index contributed by atoms with van der Waals surface area (Å²) in [6, 6.07) is 9.66. The molecule has 0 radical (unpaired) electrons. The van der Waals surface area contributed by atoms with E-state index in [0.29, 0.717) is 6.42 Å². The van der Waals surface area contributed by atoms with Gasteiger partial charge in [0.25, 0.3) is 0 Å². The minimum Gasteiger partial charge on any atom is -0.294 e. The molecule has 1 nitrogen and oxygen atoms in total. The van der Waals surface area contributed by atoms with Gasteiger partial charge in [-0.05, 0) is 31.5 Å². The Bertz CT molecular complexity index is 557. The van der Waals surface area contributed by atoms with Crippen molar-refractivity contribution in [3.8, 4) is 0 Å². The van der Waals surface area contributed by atoms with E-state index in [9.17, 15) is 4.79 Å². The number of thiophene rings is 1. The fraction of sp³-hybridized carbons (Fsp3) is 0.214. The van der Waals surface area contributed by atoms with E-state index in [1.54, 1.807) is 0 Å². The zero-order valence-electron chi connectivity index (χ0n) is 9.79. The summed E-state index contributed by atoms with van der Waals surface area (Å²) in [5.74, 6) is 0.154. The number of hydrogen-bond donors (Lipinski definition) is 0. The molecule has 0 aliphatic rings. The van der Waals surface area contributed by atoms with Gasteiger partial charge in [0.05, 0.1) is 4.34 Å². The topological polar surface area (TPSA) is 17.1 Å². The van der Waals surface area contributed by atoms with Crippen molar-refractivity contribution < 1.29 is 4.79 Å². The molecule has 88 valence electrons. The highest BCUT2D eigenvalue weighted by atomic mass is 35.5. The third-order valence-corrected chi connectivity index (χ3v) is 3.88. The number of hydrogen-bond acceptors (Lipinski definition) is 2. The Hall–Kier alpha value is -1.12. The van der Waals surface area contributed by atoms with E-state index in [-0.39, 0.29) is 5.78 Å². The smallest absolute Gasteiger partial charge is 0.168 e. The first-order valence-electron chi connectivity index (χ1n) is 5.41. The molecule has 0 aliphatic heterocycles. The summed E-state index contributed by atoms with van der Waals surface area (Å²) in [6.07, 6.45) is 0.432. The molecule has 1 aromatic carbocycles. The molecular formula is C14H13ClOS. The van der Waals surface area contributed by atoms with Crippen LogP contribution in [0.5, 0.6) is 0 Å². The van der Waals surface area contributed by atoms with Crippen molar-refractivity contribution >= 4 is 28.7 Å². The molecule has 0 unspecified atom stereocenters. The Morgan fingerprint density at radius 2 is 2.00 bits per heavy atom. The Kier molecular flexibility index (Phi) is 3.65. The molecule has 1 aromatic heterocycles. The molecule has 0 N–H and O–H groups in total. The van der Waals surface area contributed by atoms with Crippen molar-refractivity contribution in [1.29, 1.82) is 0 Å². The summed E-state index contributed by atoms with van der Waals surface area (Å²) >= 11 is 7.31. The van der Waals surface area contributed by atoms with Gasteiger partial charge < -0.3 is 0 Å². The summed E-state index contributed by atoms with van der Waals surface area (Å²) in [4.78, 5) is 13.1. The molecule has 0 spiro atoms. The highest BCUT2D eigenvalue weighted by Crippen LogP contribution is 2.23. The first-order valence-corrected chi connectivity index (χ1v) is 6.60. The van der Waals surface area contributed by atoms with Crippen LogP contribution in [0.1, 0.15) is 26.4 Å². The van der Waals surface area contributed by atoms with Gasteiger partial charge in [-0.3, -0.25) is 4.79 Å². The SMILES string of the molecule is Cc1ccc(C(=O)Cc2ccc(Cl)s2)c(C)c1. The largest absolute Gasteiger partial charge is 0.294 e. The quantitative estimate of drug-likeness (QED) is 0.749. The van der Waals surface area contributed by atoms with Gasteiger partial charge in [0.1, 0.15) is 0 Å². The zero-order chi connectivity index (χ0) is 12.4. The lowest BCUT2D eigenvalue weighted by molar-refractivity contribution is 0.0993. The Balaban J connectivity index is 2.20. The lowest BCUT2D eigenvalue weighted by Gasteiger charge is -2.05. The number of Topliss-reactive ketones (excluding diaryl/α,β-unsaturated/α-hetero) is 1. The third kappa shape index (κ3) is 2.96. The van der Waals surface area contributed by atoms with Crippen LogP contribution in [-0.2, 0) is 6.42 Å². The van der Waals surface area contributed by atoms with Crippen molar-refractivity contribution in [3.05, 3.63) is 56.2 Å². The number of ketones is 1. The van der Waals surface area contributed by atoms with Crippen LogP contribution in [0.2, 0.25) is 4.34 Å². The van der Waals surface area contributed by atoms with Crippen molar-refractivity contribution in [1.82, 2.24) is 0 Å². The van der Waals surface area contributed by atoms with Gasteiger partial charge in [-0.25, -0.2) is 0 Å². The van der Waals surface area contributed by atoms with E-state index in [2.05, 4.69) is 0 Å². The number of benzene rings is 1. The minimum atomic E-state index is 0.154. The Morgan fingerprint density at radius 1 is 1.24 bits per heavy atom. The molecular weight excluding hydrogens is 252 g/mol. The van der Waals surface area contributed by atoms with Gasteiger partial charge in [-0.15, -0.1) is 11.3 Å². The van der Waals surface area contributed by atoms with Gasteiger partial charge in [0.15, 0.2) is 5.78 Å². The zero-order valence-corrected chi connectivity index (χ0v) is 11.4. The summed E-state index contributed by atoms with van der Waals surface area (Å²) in [5.41, 5.74) is 3.02. The first kappa shape index (κ1) is 12.3. The Morgan fingerprint density at radius 3 is 2.59 bits per heavy atom. The maximum Gasteiger partial charge on any atom is 0.168 e. The highest BCUT2D eigenvalue weighted by Gasteiger charge is 2.11. The lowest BCUT2D eigenvalue weighted by Crippen LogP contribution is -2.04. The van der Waals surface area contributed by atoms with Crippen LogP contribution in [-0.4, -0.2) is 5.78 Å². The van der Waals surface area contributed by atoms with Crippen molar-refractivity contribution in [2.24, 2.45) is 0 Å². The van der Waals surface area contributed by atoms with E-state index in [4.69, 9.17) is 11.6 Å². The van der Waals surface area contributed by atoms with Gasteiger partial charge in [-0.2, -0.15) is 0 Å². The third-order valence-electron chi connectivity index (χ3n) is 2.65. The molecule has 2 aromatic rings. The van der Waals surface area contributed by atoms with Crippen LogP contribution in [0.25, 0.3) is 0 Å². The van der Waals surface area contributed by atoms with E-state index in [1.165, 1.54) is 16.9 Å². The summed E-state index contributed by atoms with van der Waals surface area (Å²) in [5, 5.41) is 0. The van der Waals surface area contributed by atoms with Gasteiger partial charge in [-0.1, -0.05) is 35.4 Å². The van der Waals surface area contributed by atoms with Crippen LogP contribution < -0.4 is 0 Å². The first-order chi connectivity index (χ1) is 8.06. The molecule has 17 heavy (non-hydrogen) atoms. The second-order valence-electron chi connectivity index (χ2n) is 4.12. The van der Waals surface area contributed by atoms with Crippen molar-refractivity contribution in [2.45, 2.75) is 20.3 Å². The number of carbonyl (C=O) groups is 1. The molecule has 2 rings (SSSR count). The van der Waals surface area contributed by atoms with Crippen LogP contribution in [0.15, 0.2) is 30.3 Å². The normalized spacial score (nSPS) is 10.5. The summed E-state index contributed by atoms with van der Waals surface area (Å²) in [6.45, 7) is 4.00. The number of rotatable bonds is 3. The molecule has 3 heteroatoms. The van der Waals surface area contributed by atoms with E-state index < -0.39 is 0 Å². The number of aryl methyl sites for hydroxylation is 2. The maximum absolute atomic E-state index is 12.1. The van der Waals surface area contributed by atoms with E-state index in [1.807, 2.05) is 44.2 Å². The fourth-order valence-electron chi connectivity index (χ4n) is 1.83. The van der Waals surface area contributed by atoms with Crippen molar-refractivity contribution in [3.63, 3.8) is 0 Å². The molecule has 0 amide bonds. The highest BCUT2D eigenvalue weighted by molar-refractivity contribution is 7.16. The van der Waals surface area contributed by atoms with Crippen LogP contribution in [0, 0.1) is 13.8 Å². The maximum atomic E-state index is 12.1. The average Bonchev–Trinajstić information content (AvgIpc) is 2.63. The van der Waals surface area contributed by atoms with Gasteiger partial charge in [0.2, 0.25) is 0 Å². The summed E-state index contributed by atoms with van der Waals surface area (Å²) < 4.78 is 0.730. The molecule has 0 fully saturated rings. The number of halogens is 1. The van der Waals surface area contributed by atoms with Crippen LogP contribution >= 0.6 is 22.9 Å². The molecule has 0 saturated heterocycles. The standard InChI is InChI=1S/C14H13ClOS/c1-9-3-5-12(10(2)7-9)13(16)8-11-4-6-14(15)17-11/h3-7H,8H2,1-2H3. The molecule has 0 saturated carbocycles. The predicted molar refractivity (Wildman–Crippen MR) is 73.3 cm³/mol. The van der Waals surface area contributed by atoms with Gasteiger partial charge in [0, 0.05) is 16.9 Å². The Labute approximate surface area is 110 Å². The molecule has 0 bridgehead atoms.